The van der Waals surface area contributed by atoms with E-state index < -0.39 is 12.0 Å². The molecule has 5 heteroatoms. The van der Waals surface area contributed by atoms with Crippen LogP contribution in [0.2, 0.25) is 0 Å². The molecule has 2 amide bonds. The fourth-order valence-electron chi connectivity index (χ4n) is 2.44. The van der Waals surface area contributed by atoms with Gasteiger partial charge in [-0.1, -0.05) is 30.3 Å². The molecule has 0 bridgehead atoms. The van der Waals surface area contributed by atoms with Crippen LogP contribution in [0, 0.1) is 0 Å². The van der Waals surface area contributed by atoms with E-state index >= 15 is 0 Å². The van der Waals surface area contributed by atoms with Crippen LogP contribution in [-0.2, 0) is 17.8 Å². The molecule has 2 rings (SSSR count). The Bertz CT molecular complexity index is 542. The SMILES string of the molecule is C=CCN(C)C(=O)N1Cc2ccccc2C[C@H]1C(=O)O. The van der Waals surface area contributed by atoms with Crippen LogP contribution in [0.25, 0.3) is 0 Å². The summed E-state index contributed by atoms with van der Waals surface area (Å²) in [6.07, 6.45) is 1.96. The van der Waals surface area contributed by atoms with Crippen molar-refractivity contribution < 1.29 is 14.7 Å². The van der Waals surface area contributed by atoms with E-state index in [1.54, 1.807) is 13.1 Å². The van der Waals surface area contributed by atoms with E-state index in [0.717, 1.165) is 11.1 Å². The van der Waals surface area contributed by atoms with Gasteiger partial charge < -0.3 is 14.9 Å². The van der Waals surface area contributed by atoms with Crippen molar-refractivity contribution in [2.75, 3.05) is 13.6 Å². The van der Waals surface area contributed by atoms with E-state index in [1.165, 1.54) is 9.80 Å². The van der Waals surface area contributed by atoms with E-state index in [0.29, 0.717) is 19.5 Å². The van der Waals surface area contributed by atoms with Crippen molar-refractivity contribution in [1.29, 1.82) is 0 Å². The standard InChI is InChI=1S/C15H18N2O3/c1-3-8-16(2)15(20)17-10-12-7-5-4-6-11(12)9-13(17)14(18)19/h3-7,13H,1,8-10H2,2H3,(H,18,19)/t13-/m0/s1. The minimum Gasteiger partial charge on any atom is -0.480 e. The average Bonchev–Trinajstić information content (AvgIpc) is 2.45. The van der Waals surface area contributed by atoms with Crippen LogP contribution in [0.4, 0.5) is 4.79 Å². The first-order valence-corrected chi connectivity index (χ1v) is 6.46. The molecule has 1 atom stereocenters. The molecule has 0 unspecified atom stereocenters. The predicted molar refractivity (Wildman–Crippen MR) is 75.3 cm³/mol. The Balaban J connectivity index is 2.28. The monoisotopic (exact) mass is 274 g/mol. The summed E-state index contributed by atoms with van der Waals surface area (Å²) in [6, 6.07) is 6.54. The zero-order chi connectivity index (χ0) is 14.7. The summed E-state index contributed by atoms with van der Waals surface area (Å²) in [4.78, 5) is 26.7. The quantitative estimate of drug-likeness (QED) is 0.854. The van der Waals surface area contributed by atoms with Crippen molar-refractivity contribution in [2.45, 2.75) is 19.0 Å². The molecule has 5 nitrogen and oxygen atoms in total. The van der Waals surface area contributed by atoms with Gasteiger partial charge in [-0.3, -0.25) is 0 Å². The lowest BCUT2D eigenvalue weighted by molar-refractivity contribution is -0.142. The third-order valence-corrected chi connectivity index (χ3v) is 3.51. The molecule has 0 radical (unpaired) electrons. The summed E-state index contributed by atoms with van der Waals surface area (Å²) < 4.78 is 0. The second-order valence-corrected chi connectivity index (χ2v) is 4.91. The number of nitrogens with zero attached hydrogens (tertiary/aromatic N) is 2. The number of fused-ring (bicyclic) bond motifs is 1. The van der Waals surface area contributed by atoms with E-state index in [9.17, 15) is 14.7 Å². The molecule has 0 fully saturated rings. The highest BCUT2D eigenvalue weighted by Crippen LogP contribution is 2.24. The summed E-state index contributed by atoms with van der Waals surface area (Å²) in [7, 11) is 1.64. The molecule has 1 heterocycles. The van der Waals surface area contributed by atoms with Crippen LogP contribution < -0.4 is 0 Å². The zero-order valence-electron chi connectivity index (χ0n) is 11.5. The maximum absolute atomic E-state index is 12.4. The van der Waals surface area contributed by atoms with Gasteiger partial charge >= 0.3 is 12.0 Å². The second kappa shape index (κ2) is 5.77. The normalized spacial score (nSPS) is 17.2. The van der Waals surface area contributed by atoms with E-state index in [1.807, 2.05) is 24.3 Å². The summed E-state index contributed by atoms with van der Waals surface area (Å²) in [5.74, 6) is -0.972. The summed E-state index contributed by atoms with van der Waals surface area (Å²) in [6.45, 7) is 4.31. The number of aliphatic carboxylic acids is 1. The predicted octanol–water partition coefficient (Wildman–Crippen LogP) is 1.74. The van der Waals surface area contributed by atoms with Gasteiger partial charge in [-0.15, -0.1) is 6.58 Å². The van der Waals surface area contributed by atoms with E-state index in [2.05, 4.69) is 6.58 Å². The number of likely N-dealkylation sites (N-methyl/N-ethyl adjacent to an activating group) is 1. The third kappa shape index (κ3) is 2.66. The number of benzene rings is 1. The summed E-state index contributed by atoms with van der Waals surface area (Å²) >= 11 is 0. The number of hydrogen-bond acceptors (Lipinski definition) is 2. The van der Waals surface area contributed by atoms with Crippen LogP contribution in [0.3, 0.4) is 0 Å². The van der Waals surface area contributed by atoms with Crippen molar-refractivity contribution >= 4 is 12.0 Å². The molecule has 0 saturated heterocycles. The molecular formula is C15H18N2O3. The molecule has 1 N–H and O–H groups in total. The van der Waals surface area contributed by atoms with E-state index in [4.69, 9.17) is 0 Å². The number of urea groups is 1. The molecular weight excluding hydrogens is 256 g/mol. The van der Waals surface area contributed by atoms with Crippen LogP contribution in [-0.4, -0.2) is 46.5 Å². The molecule has 1 aromatic rings. The Labute approximate surface area is 118 Å². The molecule has 1 aromatic carbocycles. The Hall–Kier alpha value is -2.30. The highest BCUT2D eigenvalue weighted by Gasteiger charge is 2.35. The smallest absolute Gasteiger partial charge is 0.326 e. The van der Waals surface area contributed by atoms with Crippen molar-refractivity contribution in [3.05, 3.63) is 48.0 Å². The fourth-order valence-corrected chi connectivity index (χ4v) is 2.44. The third-order valence-electron chi connectivity index (χ3n) is 3.51. The van der Waals surface area contributed by atoms with Crippen molar-refractivity contribution in [3.8, 4) is 0 Å². The lowest BCUT2D eigenvalue weighted by Gasteiger charge is -2.36. The number of amides is 2. The highest BCUT2D eigenvalue weighted by atomic mass is 16.4. The highest BCUT2D eigenvalue weighted by molar-refractivity contribution is 5.83. The van der Waals surface area contributed by atoms with Gasteiger partial charge in [0.25, 0.3) is 0 Å². The van der Waals surface area contributed by atoms with Gasteiger partial charge in [-0.2, -0.15) is 0 Å². The van der Waals surface area contributed by atoms with Gasteiger partial charge in [0.1, 0.15) is 6.04 Å². The van der Waals surface area contributed by atoms with Crippen molar-refractivity contribution in [2.24, 2.45) is 0 Å². The van der Waals surface area contributed by atoms with Gasteiger partial charge in [-0.05, 0) is 11.1 Å². The lowest BCUT2D eigenvalue weighted by atomic mass is 9.94. The minimum atomic E-state index is -0.972. The number of carbonyl (C=O) groups excluding carboxylic acids is 1. The topological polar surface area (TPSA) is 60.9 Å². The molecule has 20 heavy (non-hydrogen) atoms. The van der Waals surface area contributed by atoms with Crippen LogP contribution in [0.1, 0.15) is 11.1 Å². The summed E-state index contributed by atoms with van der Waals surface area (Å²) in [5.41, 5.74) is 2.00. The van der Waals surface area contributed by atoms with Gasteiger partial charge in [-0.25, -0.2) is 9.59 Å². The first-order valence-electron chi connectivity index (χ1n) is 6.46. The Kier molecular flexibility index (Phi) is 4.08. The van der Waals surface area contributed by atoms with Crippen LogP contribution >= 0.6 is 0 Å². The number of carboxylic acids is 1. The number of hydrogen-bond donors (Lipinski definition) is 1. The van der Waals surface area contributed by atoms with Gasteiger partial charge in [0.05, 0.1) is 0 Å². The molecule has 0 spiro atoms. The number of rotatable bonds is 3. The first-order chi connectivity index (χ1) is 9.54. The Morgan fingerprint density at radius 3 is 2.70 bits per heavy atom. The number of carbonyl (C=O) groups is 2. The molecule has 0 aromatic heterocycles. The van der Waals surface area contributed by atoms with Gasteiger partial charge in [0.2, 0.25) is 0 Å². The maximum Gasteiger partial charge on any atom is 0.326 e. The average molecular weight is 274 g/mol. The molecule has 0 aliphatic carbocycles. The van der Waals surface area contributed by atoms with Crippen LogP contribution in [0.5, 0.6) is 0 Å². The van der Waals surface area contributed by atoms with Gasteiger partial charge in [0.15, 0.2) is 0 Å². The van der Waals surface area contributed by atoms with Crippen molar-refractivity contribution in [3.63, 3.8) is 0 Å². The minimum absolute atomic E-state index is 0.285. The summed E-state index contributed by atoms with van der Waals surface area (Å²) in [5, 5.41) is 9.36. The van der Waals surface area contributed by atoms with Crippen molar-refractivity contribution in [1.82, 2.24) is 9.80 Å². The van der Waals surface area contributed by atoms with Gasteiger partial charge in [0, 0.05) is 26.6 Å². The molecule has 106 valence electrons. The molecule has 1 aliphatic heterocycles. The first kappa shape index (κ1) is 14.1. The zero-order valence-corrected chi connectivity index (χ0v) is 11.5. The second-order valence-electron chi connectivity index (χ2n) is 4.91. The Morgan fingerprint density at radius 2 is 2.10 bits per heavy atom. The Morgan fingerprint density at radius 1 is 1.45 bits per heavy atom. The van der Waals surface area contributed by atoms with E-state index in [-0.39, 0.29) is 6.03 Å². The molecule has 0 saturated carbocycles. The lowest BCUT2D eigenvalue weighted by Crippen LogP contribution is -2.52. The largest absolute Gasteiger partial charge is 0.480 e. The fraction of sp³-hybridized carbons (Fsp3) is 0.333. The maximum atomic E-state index is 12.4. The number of carboxylic acid groups (broad SMARTS) is 1. The molecule has 1 aliphatic rings. The van der Waals surface area contributed by atoms with Crippen LogP contribution in [0.15, 0.2) is 36.9 Å².